The maximum atomic E-state index is 12.6. The third kappa shape index (κ3) is 2.93. The minimum atomic E-state index is -0.133. The van der Waals surface area contributed by atoms with Crippen molar-refractivity contribution in [2.24, 2.45) is 7.05 Å². The number of aryl methyl sites for hydroxylation is 4. The minimum absolute atomic E-state index is 0.133. The molecule has 5 nitrogen and oxygen atoms in total. The summed E-state index contributed by atoms with van der Waals surface area (Å²) in [5.74, 6) is -0.133. The third-order valence-corrected chi connectivity index (χ3v) is 6.41. The van der Waals surface area contributed by atoms with Crippen molar-refractivity contribution in [2.75, 3.05) is 5.32 Å². The van der Waals surface area contributed by atoms with E-state index >= 15 is 0 Å². The standard InChI is InChI=1S/C19H18N4OS2/c1-10-5-6-13(7-11(10)2)15-9-25-19(20-15)21-17(24)16-8-14-12(3)22-23(4)18(14)26-16/h5-9H,1-4H3,(H,20,21,24). The van der Waals surface area contributed by atoms with Crippen LogP contribution in [0.4, 0.5) is 5.13 Å². The lowest BCUT2D eigenvalue weighted by molar-refractivity contribution is 0.103. The van der Waals surface area contributed by atoms with E-state index in [4.69, 9.17) is 0 Å². The lowest BCUT2D eigenvalue weighted by atomic mass is 10.1. The fraction of sp³-hybridized carbons (Fsp3) is 0.211. The first-order chi connectivity index (χ1) is 12.4. The van der Waals surface area contributed by atoms with Gasteiger partial charge in [0.05, 0.1) is 16.3 Å². The monoisotopic (exact) mass is 382 g/mol. The topological polar surface area (TPSA) is 59.8 Å². The Morgan fingerprint density at radius 2 is 1.96 bits per heavy atom. The first kappa shape index (κ1) is 16.9. The van der Waals surface area contributed by atoms with E-state index in [0.717, 1.165) is 27.2 Å². The molecule has 4 aromatic rings. The van der Waals surface area contributed by atoms with Gasteiger partial charge in [0, 0.05) is 23.4 Å². The summed E-state index contributed by atoms with van der Waals surface area (Å²) in [6, 6.07) is 8.17. The molecule has 0 bridgehead atoms. The van der Waals surface area contributed by atoms with Crippen LogP contribution in [0.5, 0.6) is 0 Å². The smallest absolute Gasteiger partial charge is 0.267 e. The predicted octanol–water partition coefficient (Wildman–Crippen LogP) is 4.94. The van der Waals surface area contributed by atoms with Gasteiger partial charge in [-0.25, -0.2) is 4.98 Å². The molecule has 0 unspecified atom stereocenters. The number of benzene rings is 1. The van der Waals surface area contributed by atoms with Crippen LogP contribution >= 0.6 is 22.7 Å². The molecule has 0 saturated heterocycles. The second kappa shape index (κ2) is 6.34. The summed E-state index contributed by atoms with van der Waals surface area (Å²) >= 11 is 2.88. The zero-order valence-corrected chi connectivity index (χ0v) is 16.6. The molecular formula is C19H18N4OS2. The van der Waals surface area contributed by atoms with Crippen LogP contribution in [0, 0.1) is 20.8 Å². The normalized spacial score (nSPS) is 11.2. The van der Waals surface area contributed by atoms with Gasteiger partial charge in [-0.2, -0.15) is 5.10 Å². The molecule has 0 atom stereocenters. The Kier molecular flexibility index (Phi) is 4.13. The van der Waals surface area contributed by atoms with E-state index in [9.17, 15) is 4.79 Å². The van der Waals surface area contributed by atoms with Gasteiger partial charge in [-0.3, -0.25) is 14.8 Å². The van der Waals surface area contributed by atoms with E-state index in [1.165, 1.54) is 33.8 Å². The molecule has 0 saturated carbocycles. The van der Waals surface area contributed by atoms with Crippen LogP contribution in [0.15, 0.2) is 29.6 Å². The molecule has 132 valence electrons. The third-order valence-electron chi connectivity index (χ3n) is 4.45. The van der Waals surface area contributed by atoms with Gasteiger partial charge in [0.25, 0.3) is 5.91 Å². The van der Waals surface area contributed by atoms with Gasteiger partial charge in [-0.1, -0.05) is 12.1 Å². The van der Waals surface area contributed by atoms with Crippen molar-refractivity contribution in [3.8, 4) is 11.3 Å². The molecule has 0 aliphatic carbocycles. The quantitative estimate of drug-likeness (QED) is 0.546. The molecule has 3 aromatic heterocycles. The van der Waals surface area contributed by atoms with Gasteiger partial charge in [0.15, 0.2) is 5.13 Å². The summed E-state index contributed by atoms with van der Waals surface area (Å²) in [4.78, 5) is 18.8. The number of rotatable bonds is 3. The van der Waals surface area contributed by atoms with Gasteiger partial charge in [-0.15, -0.1) is 22.7 Å². The van der Waals surface area contributed by atoms with Gasteiger partial charge < -0.3 is 0 Å². The number of nitrogens with zero attached hydrogens (tertiary/aromatic N) is 3. The van der Waals surface area contributed by atoms with Crippen LogP contribution in [0.1, 0.15) is 26.5 Å². The van der Waals surface area contributed by atoms with Crippen LogP contribution in [-0.4, -0.2) is 20.7 Å². The molecule has 1 N–H and O–H groups in total. The number of nitrogens with one attached hydrogen (secondary N) is 1. The van der Waals surface area contributed by atoms with E-state index < -0.39 is 0 Å². The summed E-state index contributed by atoms with van der Waals surface area (Å²) in [5.41, 5.74) is 5.37. The zero-order valence-electron chi connectivity index (χ0n) is 15.0. The second-order valence-electron chi connectivity index (χ2n) is 6.33. The van der Waals surface area contributed by atoms with Crippen LogP contribution < -0.4 is 5.32 Å². The first-order valence-corrected chi connectivity index (χ1v) is 9.89. The SMILES string of the molecule is Cc1ccc(-c2csc(NC(=O)c3cc4c(C)nn(C)c4s3)n2)cc1C. The van der Waals surface area contributed by atoms with Crippen LogP contribution in [-0.2, 0) is 7.05 Å². The number of thiazole rings is 1. The number of hydrogen-bond donors (Lipinski definition) is 1. The Morgan fingerprint density at radius 3 is 2.69 bits per heavy atom. The second-order valence-corrected chi connectivity index (χ2v) is 8.22. The van der Waals surface area contributed by atoms with Gasteiger partial charge in [0.1, 0.15) is 4.83 Å². The van der Waals surface area contributed by atoms with Crippen molar-refractivity contribution in [1.29, 1.82) is 0 Å². The Bertz CT molecular complexity index is 1100. The van der Waals surface area contributed by atoms with E-state index in [1.54, 1.807) is 0 Å². The lowest BCUT2D eigenvalue weighted by Crippen LogP contribution is -2.09. The Morgan fingerprint density at radius 1 is 1.15 bits per heavy atom. The zero-order chi connectivity index (χ0) is 18.4. The highest BCUT2D eigenvalue weighted by Crippen LogP contribution is 2.30. The van der Waals surface area contributed by atoms with E-state index in [1.807, 2.05) is 30.1 Å². The van der Waals surface area contributed by atoms with Crippen molar-refractivity contribution < 1.29 is 4.79 Å². The summed E-state index contributed by atoms with van der Waals surface area (Å²) in [7, 11) is 1.89. The number of amides is 1. The number of thiophene rings is 1. The molecule has 7 heteroatoms. The number of fused-ring (bicyclic) bond motifs is 1. The summed E-state index contributed by atoms with van der Waals surface area (Å²) in [6.07, 6.45) is 0. The van der Waals surface area contributed by atoms with Crippen LogP contribution in [0.3, 0.4) is 0 Å². The molecular weight excluding hydrogens is 364 g/mol. The van der Waals surface area contributed by atoms with Crippen LogP contribution in [0.25, 0.3) is 21.5 Å². The summed E-state index contributed by atoms with van der Waals surface area (Å²) in [6.45, 7) is 6.13. The average molecular weight is 383 g/mol. The fourth-order valence-corrected chi connectivity index (χ4v) is 4.57. The summed E-state index contributed by atoms with van der Waals surface area (Å²) in [5, 5.41) is 10.9. The first-order valence-electron chi connectivity index (χ1n) is 8.20. The number of aromatic nitrogens is 3. The maximum Gasteiger partial charge on any atom is 0.267 e. The fourth-order valence-electron chi connectivity index (χ4n) is 2.84. The molecule has 0 spiro atoms. The van der Waals surface area contributed by atoms with Crippen molar-refractivity contribution >= 4 is 43.9 Å². The molecule has 26 heavy (non-hydrogen) atoms. The molecule has 1 aromatic carbocycles. The van der Waals surface area contributed by atoms with Crippen molar-refractivity contribution in [1.82, 2.24) is 14.8 Å². The number of carbonyl (C=O) groups excluding carboxylic acids is 1. The molecule has 0 aliphatic rings. The highest BCUT2D eigenvalue weighted by molar-refractivity contribution is 7.20. The van der Waals surface area contributed by atoms with Gasteiger partial charge in [-0.05, 0) is 44.0 Å². The van der Waals surface area contributed by atoms with Gasteiger partial charge >= 0.3 is 0 Å². The van der Waals surface area contributed by atoms with Gasteiger partial charge in [0.2, 0.25) is 0 Å². The van der Waals surface area contributed by atoms with E-state index in [2.05, 4.69) is 47.4 Å². The number of carbonyl (C=O) groups is 1. The Balaban J connectivity index is 1.57. The molecule has 4 rings (SSSR count). The van der Waals surface area contributed by atoms with E-state index in [-0.39, 0.29) is 5.91 Å². The maximum absolute atomic E-state index is 12.6. The van der Waals surface area contributed by atoms with Crippen LogP contribution in [0.2, 0.25) is 0 Å². The molecule has 0 aliphatic heterocycles. The van der Waals surface area contributed by atoms with E-state index in [0.29, 0.717) is 10.0 Å². The van der Waals surface area contributed by atoms with Crippen molar-refractivity contribution in [3.63, 3.8) is 0 Å². The highest BCUT2D eigenvalue weighted by atomic mass is 32.1. The predicted molar refractivity (Wildman–Crippen MR) is 108 cm³/mol. The number of anilines is 1. The summed E-state index contributed by atoms with van der Waals surface area (Å²) < 4.78 is 1.81. The van der Waals surface area contributed by atoms with Crippen molar-refractivity contribution in [2.45, 2.75) is 20.8 Å². The highest BCUT2D eigenvalue weighted by Gasteiger charge is 2.16. The number of hydrogen-bond acceptors (Lipinski definition) is 5. The Hall–Kier alpha value is -2.51. The lowest BCUT2D eigenvalue weighted by Gasteiger charge is -2.02. The molecule has 0 radical (unpaired) electrons. The molecule has 3 heterocycles. The van der Waals surface area contributed by atoms with Crippen molar-refractivity contribution in [3.05, 3.63) is 51.3 Å². The average Bonchev–Trinajstić information content (AvgIpc) is 3.29. The molecule has 0 fully saturated rings. The largest absolute Gasteiger partial charge is 0.297 e. The molecule has 1 amide bonds. The minimum Gasteiger partial charge on any atom is -0.297 e. The Labute approximate surface area is 159 Å².